The van der Waals surface area contributed by atoms with Crippen molar-refractivity contribution in [1.82, 2.24) is 15.5 Å². The van der Waals surface area contributed by atoms with Gasteiger partial charge in [0, 0.05) is 6.04 Å². The van der Waals surface area contributed by atoms with Crippen LogP contribution in [0, 0.1) is 0 Å². The third kappa shape index (κ3) is 4.55. The first-order valence-electron chi connectivity index (χ1n) is 8.14. The molecule has 1 aliphatic heterocycles. The van der Waals surface area contributed by atoms with Crippen LogP contribution in [-0.2, 0) is 4.79 Å². The van der Waals surface area contributed by atoms with Gasteiger partial charge in [-0.1, -0.05) is 35.2 Å². The zero-order valence-corrected chi connectivity index (χ0v) is 15.1. The minimum atomic E-state index is -0.181. The summed E-state index contributed by atoms with van der Waals surface area (Å²) in [6, 6.07) is 8.09. The van der Waals surface area contributed by atoms with E-state index in [0.717, 1.165) is 15.2 Å². The molecule has 0 unspecified atom stereocenters. The molecule has 7 nitrogen and oxygen atoms in total. The van der Waals surface area contributed by atoms with E-state index in [0.29, 0.717) is 30.7 Å². The van der Waals surface area contributed by atoms with Gasteiger partial charge in [-0.25, -0.2) is 0 Å². The van der Waals surface area contributed by atoms with E-state index in [1.165, 1.54) is 35.9 Å². The molecule has 132 valence electrons. The Labute approximate surface area is 153 Å². The number of carbonyl (C=O) groups excluding carboxylic acids is 1. The van der Waals surface area contributed by atoms with Crippen molar-refractivity contribution >= 4 is 34.1 Å². The Morgan fingerprint density at radius 3 is 2.96 bits per heavy atom. The lowest BCUT2D eigenvalue weighted by atomic mass is 10.2. The van der Waals surface area contributed by atoms with Crippen LogP contribution in [0.4, 0.5) is 5.13 Å². The van der Waals surface area contributed by atoms with E-state index < -0.39 is 0 Å². The summed E-state index contributed by atoms with van der Waals surface area (Å²) >= 11 is 2.88. The van der Waals surface area contributed by atoms with Crippen molar-refractivity contribution in [3.8, 4) is 11.5 Å². The summed E-state index contributed by atoms with van der Waals surface area (Å²) in [4.78, 5) is 12.0. The van der Waals surface area contributed by atoms with E-state index in [-0.39, 0.29) is 12.0 Å². The van der Waals surface area contributed by atoms with Crippen LogP contribution in [0.1, 0.15) is 12.8 Å². The second kappa shape index (κ2) is 7.49. The third-order valence-corrected chi connectivity index (χ3v) is 5.72. The Morgan fingerprint density at radius 2 is 2.12 bits per heavy atom. The molecular weight excluding hydrogens is 360 g/mol. The Balaban J connectivity index is 1.18. The lowest BCUT2D eigenvalue weighted by Crippen LogP contribution is -2.41. The van der Waals surface area contributed by atoms with E-state index >= 15 is 0 Å². The molecule has 2 N–H and O–H groups in total. The van der Waals surface area contributed by atoms with E-state index in [9.17, 15) is 4.79 Å². The molecule has 0 spiro atoms. The van der Waals surface area contributed by atoms with Crippen molar-refractivity contribution < 1.29 is 14.3 Å². The first kappa shape index (κ1) is 16.5. The standard InChI is InChI=1S/C16H18N4O3S2/c21-14(9-24-16-20-19-15(25-16)18-10-5-6-10)17-7-11-8-22-12-3-1-2-4-13(12)23-11/h1-4,10-11H,5-9H2,(H,17,21)(H,18,19)/t11-/m1/s1. The number of rotatable bonds is 7. The lowest BCUT2D eigenvalue weighted by Gasteiger charge is -2.26. The lowest BCUT2D eigenvalue weighted by molar-refractivity contribution is -0.119. The molecule has 0 radical (unpaired) electrons. The molecule has 9 heteroatoms. The Bertz CT molecular complexity index is 750. The van der Waals surface area contributed by atoms with E-state index in [1.807, 2.05) is 24.3 Å². The molecule has 0 bridgehead atoms. The predicted molar refractivity (Wildman–Crippen MR) is 96.6 cm³/mol. The summed E-state index contributed by atoms with van der Waals surface area (Å²) in [5, 5.41) is 15.2. The summed E-state index contributed by atoms with van der Waals surface area (Å²) in [6.07, 6.45) is 2.21. The van der Waals surface area contributed by atoms with Crippen LogP contribution in [0.15, 0.2) is 28.6 Å². The number of nitrogens with one attached hydrogen (secondary N) is 2. The number of para-hydroxylation sites is 2. The molecule has 0 saturated heterocycles. The highest BCUT2D eigenvalue weighted by molar-refractivity contribution is 8.01. The topological polar surface area (TPSA) is 85.4 Å². The number of amides is 1. The number of benzene rings is 1. The number of fused-ring (bicyclic) bond motifs is 1. The van der Waals surface area contributed by atoms with Crippen LogP contribution in [0.3, 0.4) is 0 Å². The monoisotopic (exact) mass is 378 g/mol. The maximum atomic E-state index is 12.0. The molecule has 25 heavy (non-hydrogen) atoms. The largest absolute Gasteiger partial charge is 0.486 e. The normalized spacial score (nSPS) is 18.6. The van der Waals surface area contributed by atoms with E-state index in [2.05, 4.69) is 20.8 Å². The van der Waals surface area contributed by atoms with Gasteiger partial charge in [0.2, 0.25) is 11.0 Å². The minimum absolute atomic E-state index is 0.0561. The van der Waals surface area contributed by atoms with Crippen molar-refractivity contribution in [3.63, 3.8) is 0 Å². The third-order valence-electron chi connectivity index (χ3n) is 3.73. The second-order valence-electron chi connectivity index (χ2n) is 5.88. The first-order valence-corrected chi connectivity index (χ1v) is 9.94. The molecule has 1 aromatic heterocycles. The number of anilines is 1. The summed E-state index contributed by atoms with van der Waals surface area (Å²) in [5.41, 5.74) is 0. The Morgan fingerprint density at radius 1 is 1.28 bits per heavy atom. The quantitative estimate of drug-likeness (QED) is 0.714. The minimum Gasteiger partial charge on any atom is -0.486 e. The zero-order valence-electron chi connectivity index (χ0n) is 13.4. The maximum absolute atomic E-state index is 12.0. The van der Waals surface area contributed by atoms with Gasteiger partial charge in [-0.05, 0) is 25.0 Å². The highest BCUT2D eigenvalue weighted by Gasteiger charge is 2.23. The number of aromatic nitrogens is 2. The summed E-state index contributed by atoms with van der Waals surface area (Å²) in [5.74, 6) is 1.71. The van der Waals surface area contributed by atoms with Crippen LogP contribution >= 0.6 is 23.1 Å². The number of nitrogens with zero attached hydrogens (tertiary/aromatic N) is 2. The Kier molecular flexibility index (Phi) is 4.93. The summed E-state index contributed by atoms with van der Waals surface area (Å²) in [7, 11) is 0. The Hall–Kier alpha value is -2.00. The highest BCUT2D eigenvalue weighted by Crippen LogP contribution is 2.31. The molecule has 2 heterocycles. The van der Waals surface area contributed by atoms with E-state index in [4.69, 9.17) is 9.47 Å². The predicted octanol–water partition coefficient (Wildman–Crippen LogP) is 2.16. The highest BCUT2D eigenvalue weighted by atomic mass is 32.2. The fraction of sp³-hybridized carbons (Fsp3) is 0.438. The molecule has 2 aliphatic rings. The van der Waals surface area contributed by atoms with Crippen LogP contribution < -0.4 is 20.1 Å². The van der Waals surface area contributed by atoms with Crippen molar-refractivity contribution in [1.29, 1.82) is 0 Å². The molecule has 2 aromatic rings. The van der Waals surface area contributed by atoms with Gasteiger partial charge in [0.25, 0.3) is 0 Å². The molecule has 1 amide bonds. The van der Waals surface area contributed by atoms with Crippen molar-refractivity contribution in [2.75, 3.05) is 24.2 Å². The molecule has 4 rings (SSSR count). The van der Waals surface area contributed by atoms with Gasteiger partial charge in [0.15, 0.2) is 15.8 Å². The van der Waals surface area contributed by atoms with Gasteiger partial charge in [0.05, 0.1) is 12.3 Å². The zero-order chi connectivity index (χ0) is 17.1. The number of ether oxygens (including phenoxy) is 2. The van der Waals surface area contributed by atoms with Gasteiger partial charge >= 0.3 is 0 Å². The van der Waals surface area contributed by atoms with Crippen molar-refractivity contribution in [2.24, 2.45) is 0 Å². The van der Waals surface area contributed by atoms with Crippen molar-refractivity contribution in [3.05, 3.63) is 24.3 Å². The molecule has 1 fully saturated rings. The number of thioether (sulfide) groups is 1. The average molecular weight is 378 g/mol. The molecular formula is C16H18N4O3S2. The van der Waals surface area contributed by atoms with Crippen molar-refractivity contribution in [2.45, 2.75) is 29.3 Å². The smallest absolute Gasteiger partial charge is 0.230 e. The molecule has 1 atom stereocenters. The molecule has 1 saturated carbocycles. The van der Waals surface area contributed by atoms with E-state index in [1.54, 1.807) is 0 Å². The molecule has 1 aliphatic carbocycles. The molecule has 1 aromatic carbocycles. The van der Waals surface area contributed by atoms with Crippen LogP contribution in [-0.4, -0.2) is 47.2 Å². The van der Waals surface area contributed by atoms with Crippen LogP contribution in [0.2, 0.25) is 0 Å². The number of hydrogen-bond donors (Lipinski definition) is 2. The fourth-order valence-corrected chi connectivity index (χ4v) is 3.96. The number of carbonyl (C=O) groups is 1. The van der Waals surface area contributed by atoms with Crippen LogP contribution in [0.25, 0.3) is 0 Å². The summed E-state index contributed by atoms with van der Waals surface area (Å²) in [6.45, 7) is 0.843. The number of hydrogen-bond acceptors (Lipinski definition) is 8. The SMILES string of the molecule is O=C(CSc1nnc(NC2CC2)s1)NC[C@@H]1COc2ccccc2O1. The van der Waals surface area contributed by atoms with Gasteiger partial charge in [-0.15, -0.1) is 10.2 Å². The summed E-state index contributed by atoms with van der Waals surface area (Å²) < 4.78 is 12.2. The fourth-order valence-electron chi connectivity index (χ4n) is 2.30. The van der Waals surface area contributed by atoms with Gasteiger partial charge in [-0.3, -0.25) is 4.79 Å². The van der Waals surface area contributed by atoms with Gasteiger partial charge in [0.1, 0.15) is 12.7 Å². The average Bonchev–Trinajstić information content (AvgIpc) is 3.34. The maximum Gasteiger partial charge on any atom is 0.230 e. The second-order valence-corrected chi connectivity index (χ2v) is 8.08. The van der Waals surface area contributed by atoms with Gasteiger partial charge < -0.3 is 20.1 Å². The van der Waals surface area contributed by atoms with Gasteiger partial charge in [-0.2, -0.15) is 0 Å². The first-order chi connectivity index (χ1) is 12.3. The van der Waals surface area contributed by atoms with Crippen LogP contribution in [0.5, 0.6) is 11.5 Å².